The largest absolute Gasteiger partial charge is 0.343 e. The van der Waals surface area contributed by atoms with Crippen molar-refractivity contribution in [1.82, 2.24) is 0 Å². The Balaban J connectivity index is 2.18. The van der Waals surface area contributed by atoms with Crippen LogP contribution in [0.3, 0.4) is 0 Å². The molecule has 0 fully saturated rings. The van der Waals surface area contributed by atoms with Gasteiger partial charge in [0.2, 0.25) is 0 Å². The Labute approximate surface area is 110 Å². The molecule has 0 radical (unpaired) electrons. The van der Waals surface area contributed by atoms with Crippen molar-refractivity contribution >= 4 is 27.5 Å². The van der Waals surface area contributed by atoms with Crippen molar-refractivity contribution in [2.24, 2.45) is 4.99 Å². The van der Waals surface area contributed by atoms with Crippen molar-refractivity contribution in [2.75, 3.05) is 11.9 Å². The Kier molecular flexibility index (Phi) is 4.16. The van der Waals surface area contributed by atoms with Gasteiger partial charge in [-0.3, -0.25) is 4.99 Å². The van der Waals surface area contributed by atoms with Crippen LogP contribution in [0, 0.1) is 11.3 Å². The summed E-state index contributed by atoms with van der Waals surface area (Å²) in [5.74, 6) is 1.00. The standard InChI is InChI=1S/C13H14BrN3/c14-11-5-6-12(10(8-11)9-15)17-13-4-2-1-3-7-16-13/h5-6,8H,1-4,7H2,(H,16,17). The Bertz CT molecular complexity index is 474. The van der Waals surface area contributed by atoms with E-state index in [-0.39, 0.29) is 0 Å². The van der Waals surface area contributed by atoms with Gasteiger partial charge in [-0.2, -0.15) is 5.26 Å². The van der Waals surface area contributed by atoms with Crippen LogP contribution in [0.4, 0.5) is 5.69 Å². The molecule has 17 heavy (non-hydrogen) atoms. The van der Waals surface area contributed by atoms with Crippen LogP contribution in [0.1, 0.15) is 31.2 Å². The van der Waals surface area contributed by atoms with E-state index in [1.165, 1.54) is 12.8 Å². The fraction of sp³-hybridized carbons (Fsp3) is 0.385. The number of halogens is 1. The van der Waals surface area contributed by atoms with Gasteiger partial charge in [-0.05, 0) is 31.0 Å². The quantitative estimate of drug-likeness (QED) is 0.857. The molecule has 1 heterocycles. The highest BCUT2D eigenvalue weighted by Crippen LogP contribution is 2.21. The molecular weight excluding hydrogens is 278 g/mol. The smallest absolute Gasteiger partial charge is 0.101 e. The molecule has 1 aromatic carbocycles. The first-order chi connectivity index (χ1) is 8.29. The summed E-state index contributed by atoms with van der Waals surface area (Å²) in [6.45, 7) is 0.890. The second-order valence-electron chi connectivity index (χ2n) is 4.07. The van der Waals surface area contributed by atoms with Crippen molar-refractivity contribution in [1.29, 1.82) is 5.26 Å². The summed E-state index contributed by atoms with van der Waals surface area (Å²) in [4.78, 5) is 4.50. The molecule has 0 saturated carbocycles. The number of nitrogens with zero attached hydrogens (tertiary/aromatic N) is 2. The summed E-state index contributed by atoms with van der Waals surface area (Å²) < 4.78 is 0.919. The third kappa shape index (κ3) is 3.31. The van der Waals surface area contributed by atoms with Gasteiger partial charge in [-0.15, -0.1) is 0 Å². The average Bonchev–Trinajstić information content (AvgIpc) is 2.60. The summed E-state index contributed by atoms with van der Waals surface area (Å²) in [5, 5.41) is 12.4. The van der Waals surface area contributed by atoms with Crippen LogP contribution >= 0.6 is 15.9 Å². The zero-order valence-corrected chi connectivity index (χ0v) is 11.1. The molecule has 2 rings (SSSR count). The van der Waals surface area contributed by atoms with Crippen molar-refractivity contribution in [3.05, 3.63) is 28.2 Å². The molecule has 0 atom stereocenters. The van der Waals surface area contributed by atoms with E-state index in [4.69, 9.17) is 5.26 Å². The van der Waals surface area contributed by atoms with Gasteiger partial charge in [0.1, 0.15) is 11.9 Å². The molecule has 0 amide bonds. The van der Waals surface area contributed by atoms with Gasteiger partial charge < -0.3 is 5.32 Å². The second-order valence-corrected chi connectivity index (χ2v) is 4.98. The highest BCUT2D eigenvalue weighted by molar-refractivity contribution is 9.10. The number of aliphatic imine (C=N–C) groups is 1. The van der Waals surface area contributed by atoms with E-state index >= 15 is 0 Å². The van der Waals surface area contributed by atoms with Crippen LogP contribution in [0.5, 0.6) is 0 Å². The monoisotopic (exact) mass is 291 g/mol. The maximum Gasteiger partial charge on any atom is 0.101 e. The maximum atomic E-state index is 9.08. The topological polar surface area (TPSA) is 48.2 Å². The van der Waals surface area contributed by atoms with Gasteiger partial charge in [0.25, 0.3) is 0 Å². The summed E-state index contributed by atoms with van der Waals surface area (Å²) in [5.41, 5.74) is 1.49. The molecule has 1 aliphatic rings. The van der Waals surface area contributed by atoms with Gasteiger partial charge in [-0.1, -0.05) is 22.4 Å². The fourth-order valence-electron chi connectivity index (χ4n) is 1.85. The number of hydrogen-bond acceptors (Lipinski definition) is 3. The van der Waals surface area contributed by atoms with E-state index in [2.05, 4.69) is 32.3 Å². The molecule has 0 bridgehead atoms. The van der Waals surface area contributed by atoms with Crippen LogP contribution in [-0.4, -0.2) is 12.4 Å². The summed E-state index contributed by atoms with van der Waals surface area (Å²) >= 11 is 3.37. The van der Waals surface area contributed by atoms with E-state index < -0.39 is 0 Å². The van der Waals surface area contributed by atoms with Crippen LogP contribution in [-0.2, 0) is 0 Å². The van der Waals surface area contributed by atoms with E-state index in [0.29, 0.717) is 5.56 Å². The van der Waals surface area contributed by atoms with E-state index in [9.17, 15) is 0 Å². The highest BCUT2D eigenvalue weighted by Gasteiger charge is 2.07. The second kappa shape index (κ2) is 5.83. The lowest BCUT2D eigenvalue weighted by atomic mass is 10.1. The number of rotatable bonds is 1. The first-order valence-corrected chi connectivity index (χ1v) is 6.59. The van der Waals surface area contributed by atoms with Gasteiger partial charge in [0.15, 0.2) is 0 Å². The zero-order valence-electron chi connectivity index (χ0n) is 9.54. The number of amidine groups is 1. The molecule has 0 aromatic heterocycles. The Morgan fingerprint density at radius 2 is 2.18 bits per heavy atom. The van der Waals surface area contributed by atoms with Crippen LogP contribution in [0.15, 0.2) is 27.7 Å². The van der Waals surface area contributed by atoms with Crippen molar-refractivity contribution in [2.45, 2.75) is 25.7 Å². The molecule has 88 valence electrons. The number of anilines is 1. The number of nitriles is 1. The average molecular weight is 292 g/mol. The molecule has 0 unspecified atom stereocenters. The lowest BCUT2D eigenvalue weighted by Gasteiger charge is -2.10. The van der Waals surface area contributed by atoms with Crippen LogP contribution in [0.25, 0.3) is 0 Å². The van der Waals surface area contributed by atoms with E-state index in [1.54, 1.807) is 0 Å². The minimum Gasteiger partial charge on any atom is -0.343 e. The normalized spacial score (nSPS) is 15.6. The molecular formula is C13H14BrN3. The molecule has 1 aromatic rings. The Morgan fingerprint density at radius 3 is 3.00 bits per heavy atom. The Morgan fingerprint density at radius 1 is 1.29 bits per heavy atom. The third-order valence-corrected chi connectivity index (χ3v) is 3.25. The zero-order chi connectivity index (χ0) is 12.1. The van der Waals surface area contributed by atoms with Gasteiger partial charge in [0.05, 0.1) is 11.3 Å². The van der Waals surface area contributed by atoms with Crippen LogP contribution in [0.2, 0.25) is 0 Å². The Hall–Kier alpha value is -1.34. The van der Waals surface area contributed by atoms with Crippen molar-refractivity contribution < 1.29 is 0 Å². The molecule has 3 nitrogen and oxygen atoms in total. The molecule has 1 N–H and O–H groups in total. The molecule has 0 saturated heterocycles. The molecule has 0 spiro atoms. The molecule has 1 aliphatic heterocycles. The van der Waals surface area contributed by atoms with Crippen molar-refractivity contribution in [3.8, 4) is 6.07 Å². The number of benzene rings is 1. The maximum absolute atomic E-state index is 9.08. The summed E-state index contributed by atoms with van der Waals surface area (Å²) in [6.07, 6.45) is 4.54. The molecule has 0 aliphatic carbocycles. The lowest BCUT2D eigenvalue weighted by Crippen LogP contribution is -2.12. The van der Waals surface area contributed by atoms with E-state index in [1.807, 2.05) is 18.2 Å². The highest BCUT2D eigenvalue weighted by atomic mass is 79.9. The predicted octanol–water partition coefficient (Wildman–Crippen LogP) is 3.71. The lowest BCUT2D eigenvalue weighted by molar-refractivity contribution is 0.731. The van der Waals surface area contributed by atoms with Crippen LogP contribution < -0.4 is 5.32 Å². The minimum absolute atomic E-state index is 0.645. The first kappa shape index (κ1) is 12.1. The minimum atomic E-state index is 0.645. The van der Waals surface area contributed by atoms with Gasteiger partial charge in [0, 0.05) is 17.4 Å². The number of nitrogens with one attached hydrogen (secondary N) is 1. The van der Waals surface area contributed by atoms with Gasteiger partial charge >= 0.3 is 0 Å². The number of hydrogen-bond donors (Lipinski definition) is 1. The fourth-order valence-corrected chi connectivity index (χ4v) is 2.21. The molecule has 4 heteroatoms. The summed E-state index contributed by atoms with van der Waals surface area (Å²) in [7, 11) is 0. The summed E-state index contributed by atoms with van der Waals surface area (Å²) in [6, 6.07) is 7.86. The predicted molar refractivity (Wildman–Crippen MR) is 73.2 cm³/mol. The SMILES string of the molecule is N#Cc1cc(Br)ccc1NC1=NCCCCC1. The first-order valence-electron chi connectivity index (χ1n) is 5.79. The van der Waals surface area contributed by atoms with Crippen molar-refractivity contribution in [3.63, 3.8) is 0 Å². The van der Waals surface area contributed by atoms with E-state index in [0.717, 1.165) is 35.4 Å². The third-order valence-electron chi connectivity index (χ3n) is 2.76. The van der Waals surface area contributed by atoms with Gasteiger partial charge in [-0.25, -0.2) is 0 Å².